The first-order chi connectivity index (χ1) is 6.02. The van der Waals surface area contributed by atoms with Crippen molar-refractivity contribution in [3.8, 4) is 0 Å². The van der Waals surface area contributed by atoms with Gasteiger partial charge in [-0.1, -0.05) is 13.8 Å². The van der Waals surface area contributed by atoms with Crippen molar-refractivity contribution < 1.29 is 4.74 Å². The van der Waals surface area contributed by atoms with E-state index in [-0.39, 0.29) is 5.54 Å². The maximum atomic E-state index is 5.57. The van der Waals surface area contributed by atoms with Crippen LogP contribution in [0.1, 0.15) is 47.5 Å². The molecule has 0 amide bonds. The first-order valence-corrected chi connectivity index (χ1v) is 5.38. The molecule has 2 nitrogen and oxygen atoms in total. The molecule has 1 atom stereocenters. The Balaban J connectivity index is 3.35. The molecule has 0 bridgehead atoms. The van der Waals surface area contributed by atoms with Gasteiger partial charge < -0.3 is 10.1 Å². The quantitative estimate of drug-likeness (QED) is 0.619. The molecule has 0 aliphatic carbocycles. The Morgan fingerprint density at radius 2 is 1.92 bits per heavy atom. The molecule has 0 aromatic carbocycles. The molecule has 13 heavy (non-hydrogen) atoms. The van der Waals surface area contributed by atoms with Gasteiger partial charge in [-0.2, -0.15) is 0 Å². The summed E-state index contributed by atoms with van der Waals surface area (Å²) in [5.41, 5.74) is 0.249. The molecule has 0 aromatic rings. The Bertz CT molecular complexity index is 123. The average molecular weight is 187 g/mol. The van der Waals surface area contributed by atoms with Crippen LogP contribution in [0.4, 0.5) is 0 Å². The summed E-state index contributed by atoms with van der Waals surface area (Å²) in [7, 11) is 0. The molecular weight excluding hydrogens is 162 g/mol. The van der Waals surface area contributed by atoms with E-state index in [9.17, 15) is 0 Å². The fraction of sp³-hybridized carbons (Fsp3) is 1.00. The Morgan fingerprint density at radius 3 is 2.38 bits per heavy atom. The maximum Gasteiger partial charge on any atom is 0.0594 e. The minimum atomic E-state index is 0.249. The van der Waals surface area contributed by atoms with Gasteiger partial charge in [0.2, 0.25) is 0 Å². The lowest BCUT2D eigenvalue weighted by molar-refractivity contribution is 0.0621. The van der Waals surface area contributed by atoms with Crippen LogP contribution in [0.2, 0.25) is 0 Å². The van der Waals surface area contributed by atoms with Gasteiger partial charge in [0.25, 0.3) is 0 Å². The van der Waals surface area contributed by atoms with Crippen LogP contribution < -0.4 is 5.32 Å². The summed E-state index contributed by atoms with van der Waals surface area (Å²) < 4.78 is 5.57. The van der Waals surface area contributed by atoms with Crippen LogP contribution in [-0.4, -0.2) is 24.8 Å². The zero-order chi connectivity index (χ0) is 10.3. The van der Waals surface area contributed by atoms with E-state index >= 15 is 0 Å². The Morgan fingerprint density at radius 1 is 1.31 bits per heavy atom. The van der Waals surface area contributed by atoms with E-state index in [0.717, 1.165) is 26.0 Å². The zero-order valence-corrected chi connectivity index (χ0v) is 9.81. The largest absolute Gasteiger partial charge is 0.377 e. The van der Waals surface area contributed by atoms with Gasteiger partial charge in [0.1, 0.15) is 0 Å². The van der Waals surface area contributed by atoms with Crippen molar-refractivity contribution in [3.63, 3.8) is 0 Å². The SMILES string of the molecule is CCC(C)OCCNC(C)(C)CC. The van der Waals surface area contributed by atoms with Gasteiger partial charge in [0.05, 0.1) is 12.7 Å². The predicted molar refractivity (Wildman–Crippen MR) is 58.1 cm³/mol. The van der Waals surface area contributed by atoms with Crippen molar-refractivity contribution in [1.29, 1.82) is 0 Å². The summed E-state index contributed by atoms with van der Waals surface area (Å²) >= 11 is 0. The van der Waals surface area contributed by atoms with Crippen LogP contribution in [-0.2, 0) is 4.74 Å². The Hall–Kier alpha value is -0.0800. The van der Waals surface area contributed by atoms with E-state index in [1.807, 2.05) is 0 Å². The molecule has 0 saturated carbocycles. The number of hydrogen-bond acceptors (Lipinski definition) is 2. The minimum absolute atomic E-state index is 0.249. The third kappa shape index (κ3) is 7.03. The highest BCUT2D eigenvalue weighted by molar-refractivity contribution is 4.74. The molecule has 0 aliphatic rings. The van der Waals surface area contributed by atoms with E-state index < -0.39 is 0 Å². The van der Waals surface area contributed by atoms with Crippen LogP contribution in [0.5, 0.6) is 0 Å². The molecular formula is C11H25NO. The fourth-order valence-corrected chi connectivity index (χ4v) is 0.892. The lowest BCUT2D eigenvalue weighted by atomic mass is 10.0. The molecule has 1 N–H and O–H groups in total. The monoisotopic (exact) mass is 187 g/mol. The minimum Gasteiger partial charge on any atom is -0.377 e. The second kappa shape index (κ2) is 6.39. The van der Waals surface area contributed by atoms with Crippen LogP contribution in [0.25, 0.3) is 0 Å². The number of ether oxygens (including phenoxy) is 1. The molecule has 0 aromatic heterocycles. The zero-order valence-electron chi connectivity index (χ0n) is 9.81. The molecule has 0 fully saturated rings. The molecule has 0 heterocycles. The highest BCUT2D eigenvalue weighted by Crippen LogP contribution is 2.05. The third-order valence-corrected chi connectivity index (χ3v) is 2.57. The maximum absolute atomic E-state index is 5.57. The smallest absolute Gasteiger partial charge is 0.0594 e. The van der Waals surface area contributed by atoms with Crippen molar-refractivity contribution in [1.82, 2.24) is 5.32 Å². The molecule has 1 unspecified atom stereocenters. The number of nitrogens with one attached hydrogen (secondary N) is 1. The second-order valence-corrected chi connectivity index (χ2v) is 4.25. The lowest BCUT2D eigenvalue weighted by Gasteiger charge is -2.24. The Labute approximate surface area is 83.1 Å². The summed E-state index contributed by atoms with van der Waals surface area (Å²) in [4.78, 5) is 0. The van der Waals surface area contributed by atoms with Crippen LogP contribution >= 0.6 is 0 Å². The van der Waals surface area contributed by atoms with Crippen molar-refractivity contribution in [2.24, 2.45) is 0 Å². The van der Waals surface area contributed by atoms with Crippen molar-refractivity contribution in [2.75, 3.05) is 13.2 Å². The van der Waals surface area contributed by atoms with Gasteiger partial charge in [0, 0.05) is 12.1 Å². The van der Waals surface area contributed by atoms with Crippen molar-refractivity contribution >= 4 is 0 Å². The summed E-state index contributed by atoms with van der Waals surface area (Å²) in [6.07, 6.45) is 2.64. The van der Waals surface area contributed by atoms with E-state index in [1.165, 1.54) is 0 Å². The highest BCUT2D eigenvalue weighted by atomic mass is 16.5. The van der Waals surface area contributed by atoms with E-state index in [2.05, 4.69) is 39.9 Å². The molecule has 2 heteroatoms. The van der Waals surface area contributed by atoms with E-state index in [4.69, 9.17) is 4.74 Å². The molecule has 80 valence electrons. The van der Waals surface area contributed by atoms with Gasteiger partial charge in [-0.15, -0.1) is 0 Å². The van der Waals surface area contributed by atoms with Gasteiger partial charge in [-0.25, -0.2) is 0 Å². The van der Waals surface area contributed by atoms with E-state index in [1.54, 1.807) is 0 Å². The van der Waals surface area contributed by atoms with Crippen LogP contribution in [0, 0.1) is 0 Å². The highest BCUT2D eigenvalue weighted by Gasteiger charge is 2.12. The van der Waals surface area contributed by atoms with Gasteiger partial charge in [-0.3, -0.25) is 0 Å². The van der Waals surface area contributed by atoms with E-state index in [0.29, 0.717) is 6.10 Å². The molecule has 0 aliphatic heterocycles. The molecule has 0 saturated heterocycles. The molecule has 0 spiro atoms. The van der Waals surface area contributed by atoms with Crippen molar-refractivity contribution in [2.45, 2.75) is 59.1 Å². The average Bonchev–Trinajstić information content (AvgIpc) is 2.12. The summed E-state index contributed by atoms with van der Waals surface area (Å²) in [6, 6.07) is 0. The second-order valence-electron chi connectivity index (χ2n) is 4.25. The lowest BCUT2D eigenvalue weighted by Crippen LogP contribution is -2.40. The number of rotatable bonds is 7. The third-order valence-electron chi connectivity index (χ3n) is 2.57. The van der Waals surface area contributed by atoms with Gasteiger partial charge in [0.15, 0.2) is 0 Å². The van der Waals surface area contributed by atoms with Gasteiger partial charge in [-0.05, 0) is 33.6 Å². The van der Waals surface area contributed by atoms with Crippen LogP contribution in [0.15, 0.2) is 0 Å². The topological polar surface area (TPSA) is 21.3 Å². The summed E-state index contributed by atoms with van der Waals surface area (Å²) in [5.74, 6) is 0. The van der Waals surface area contributed by atoms with Crippen LogP contribution in [0.3, 0.4) is 0 Å². The van der Waals surface area contributed by atoms with Crippen molar-refractivity contribution in [3.05, 3.63) is 0 Å². The standard InChI is InChI=1S/C11H25NO/c1-6-10(3)13-9-8-12-11(4,5)7-2/h10,12H,6-9H2,1-5H3. The van der Waals surface area contributed by atoms with Gasteiger partial charge >= 0.3 is 0 Å². The predicted octanol–water partition coefficient (Wildman–Crippen LogP) is 2.58. The normalized spacial score (nSPS) is 14.5. The first-order valence-electron chi connectivity index (χ1n) is 5.38. The summed E-state index contributed by atoms with van der Waals surface area (Å²) in [6.45, 7) is 12.7. The number of hydrogen-bond donors (Lipinski definition) is 1. The molecule has 0 radical (unpaired) electrons. The summed E-state index contributed by atoms with van der Waals surface area (Å²) in [5, 5.41) is 3.46. The molecule has 0 rings (SSSR count). The fourth-order valence-electron chi connectivity index (χ4n) is 0.892. The first kappa shape index (κ1) is 12.9. The Kier molecular flexibility index (Phi) is 6.35.